The van der Waals surface area contributed by atoms with Gasteiger partial charge in [-0.05, 0) is 42.3 Å². The van der Waals surface area contributed by atoms with Crippen molar-refractivity contribution in [3.05, 3.63) is 61.5 Å². The molecule has 1 unspecified atom stereocenters. The average Bonchev–Trinajstić information content (AvgIpc) is 2.38. The first-order valence-corrected chi connectivity index (χ1v) is 8.12. The highest BCUT2D eigenvalue weighted by atomic mass is 79.9. The minimum atomic E-state index is -0.291. The van der Waals surface area contributed by atoms with Crippen LogP contribution >= 0.6 is 43.5 Å². The molecule has 2 aromatic carbocycles. The Bertz CT molecular complexity index is 619. The minimum Gasteiger partial charge on any atom is -0.494 e. The lowest BCUT2D eigenvalue weighted by Gasteiger charge is -2.17. The number of nitrogens with two attached hydrogens (primary N) is 1. The SMILES string of the molecule is CCOc1ccc(C(N)c2ccc(Br)cc2Cl)c(Br)c1. The average molecular weight is 420 g/mol. The first-order chi connectivity index (χ1) is 9.52. The van der Waals surface area contributed by atoms with E-state index < -0.39 is 0 Å². The Morgan fingerprint density at radius 1 is 1.15 bits per heavy atom. The van der Waals surface area contributed by atoms with Gasteiger partial charge >= 0.3 is 0 Å². The molecule has 0 bridgehead atoms. The fraction of sp³-hybridized carbons (Fsp3) is 0.200. The van der Waals surface area contributed by atoms with Gasteiger partial charge in [-0.2, -0.15) is 0 Å². The van der Waals surface area contributed by atoms with Crippen LogP contribution in [-0.4, -0.2) is 6.61 Å². The van der Waals surface area contributed by atoms with Crippen molar-refractivity contribution in [2.75, 3.05) is 6.61 Å². The van der Waals surface area contributed by atoms with E-state index in [1.165, 1.54) is 0 Å². The van der Waals surface area contributed by atoms with Gasteiger partial charge in [0.15, 0.2) is 0 Å². The van der Waals surface area contributed by atoms with E-state index in [4.69, 9.17) is 22.1 Å². The second-order valence-electron chi connectivity index (χ2n) is 4.26. The van der Waals surface area contributed by atoms with E-state index in [0.29, 0.717) is 11.6 Å². The molecule has 2 rings (SSSR count). The summed E-state index contributed by atoms with van der Waals surface area (Å²) in [7, 11) is 0. The van der Waals surface area contributed by atoms with Crippen LogP contribution in [0, 0.1) is 0 Å². The molecule has 1 atom stereocenters. The molecule has 0 amide bonds. The van der Waals surface area contributed by atoms with Gasteiger partial charge in [-0.15, -0.1) is 0 Å². The van der Waals surface area contributed by atoms with Crippen molar-refractivity contribution >= 4 is 43.5 Å². The summed E-state index contributed by atoms with van der Waals surface area (Å²) in [6, 6.07) is 11.2. The van der Waals surface area contributed by atoms with Crippen LogP contribution in [0.2, 0.25) is 5.02 Å². The zero-order valence-electron chi connectivity index (χ0n) is 10.9. The van der Waals surface area contributed by atoms with Crippen molar-refractivity contribution in [3.8, 4) is 5.75 Å². The predicted molar refractivity (Wildman–Crippen MR) is 90.5 cm³/mol. The molecular weight excluding hydrogens is 405 g/mol. The Labute approximate surface area is 140 Å². The third kappa shape index (κ3) is 3.55. The number of hydrogen-bond acceptors (Lipinski definition) is 2. The molecule has 0 heterocycles. The second-order valence-corrected chi connectivity index (χ2v) is 6.44. The molecule has 2 N–H and O–H groups in total. The van der Waals surface area contributed by atoms with Crippen molar-refractivity contribution in [2.24, 2.45) is 5.73 Å². The number of rotatable bonds is 4. The highest BCUT2D eigenvalue weighted by Crippen LogP contribution is 2.34. The molecular formula is C15H14Br2ClNO. The summed E-state index contributed by atoms with van der Waals surface area (Å²) in [5, 5.41) is 0.646. The lowest BCUT2D eigenvalue weighted by molar-refractivity contribution is 0.340. The Morgan fingerprint density at radius 2 is 1.85 bits per heavy atom. The van der Waals surface area contributed by atoms with Crippen LogP contribution in [0.3, 0.4) is 0 Å². The van der Waals surface area contributed by atoms with Gasteiger partial charge in [0.1, 0.15) is 5.75 Å². The van der Waals surface area contributed by atoms with Gasteiger partial charge in [0.25, 0.3) is 0 Å². The summed E-state index contributed by atoms with van der Waals surface area (Å²) in [5.74, 6) is 0.817. The van der Waals surface area contributed by atoms with Crippen LogP contribution in [0.15, 0.2) is 45.3 Å². The molecule has 0 fully saturated rings. The molecule has 0 aliphatic rings. The third-order valence-electron chi connectivity index (χ3n) is 2.92. The summed E-state index contributed by atoms with van der Waals surface area (Å²) >= 11 is 13.2. The maximum Gasteiger partial charge on any atom is 0.120 e. The van der Waals surface area contributed by atoms with Crippen molar-refractivity contribution in [1.82, 2.24) is 0 Å². The molecule has 0 aromatic heterocycles. The first-order valence-electron chi connectivity index (χ1n) is 6.15. The predicted octanol–water partition coefficient (Wildman–Crippen LogP) is 5.31. The van der Waals surface area contributed by atoms with Gasteiger partial charge in [-0.3, -0.25) is 0 Å². The molecule has 0 radical (unpaired) electrons. The minimum absolute atomic E-state index is 0.291. The van der Waals surface area contributed by atoms with E-state index in [1.807, 2.05) is 43.3 Å². The normalized spacial score (nSPS) is 12.2. The lowest BCUT2D eigenvalue weighted by Crippen LogP contribution is -2.13. The van der Waals surface area contributed by atoms with Crippen LogP contribution in [0.5, 0.6) is 5.75 Å². The topological polar surface area (TPSA) is 35.2 Å². The molecule has 0 saturated carbocycles. The largest absolute Gasteiger partial charge is 0.494 e. The number of benzene rings is 2. The molecule has 0 saturated heterocycles. The fourth-order valence-electron chi connectivity index (χ4n) is 1.94. The van der Waals surface area contributed by atoms with E-state index >= 15 is 0 Å². The summed E-state index contributed by atoms with van der Waals surface area (Å²) < 4.78 is 7.31. The van der Waals surface area contributed by atoms with Crippen LogP contribution in [0.25, 0.3) is 0 Å². The molecule has 2 nitrogen and oxygen atoms in total. The van der Waals surface area contributed by atoms with Crippen LogP contribution < -0.4 is 10.5 Å². The van der Waals surface area contributed by atoms with Gasteiger partial charge in [-0.25, -0.2) is 0 Å². The molecule has 0 spiro atoms. The molecule has 0 aliphatic carbocycles. The lowest BCUT2D eigenvalue weighted by atomic mass is 9.99. The summed E-state index contributed by atoms with van der Waals surface area (Å²) in [6.45, 7) is 2.59. The number of hydrogen-bond donors (Lipinski definition) is 1. The summed E-state index contributed by atoms with van der Waals surface area (Å²) in [4.78, 5) is 0. The number of halogens is 3. The van der Waals surface area contributed by atoms with Gasteiger partial charge in [-0.1, -0.05) is 55.6 Å². The van der Waals surface area contributed by atoms with E-state index in [9.17, 15) is 0 Å². The van der Waals surface area contributed by atoms with Gasteiger partial charge < -0.3 is 10.5 Å². The molecule has 2 aromatic rings. The van der Waals surface area contributed by atoms with Crippen molar-refractivity contribution < 1.29 is 4.74 Å². The van der Waals surface area contributed by atoms with E-state index in [2.05, 4.69) is 31.9 Å². The van der Waals surface area contributed by atoms with Crippen LogP contribution in [-0.2, 0) is 0 Å². The fourth-order valence-corrected chi connectivity index (χ4v) is 3.33. The van der Waals surface area contributed by atoms with E-state index in [0.717, 1.165) is 25.8 Å². The van der Waals surface area contributed by atoms with Gasteiger partial charge in [0.05, 0.1) is 12.6 Å². The summed E-state index contributed by atoms with van der Waals surface area (Å²) in [6.07, 6.45) is 0. The van der Waals surface area contributed by atoms with Gasteiger partial charge in [0.2, 0.25) is 0 Å². The molecule has 20 heavy (non-hydrogen) atoms. The highest BCUT2D eigenvalue weighted by molar-refractivity contribution is 9.10. The third-order valence-corrected chi connectivity index (χ3v) is 4.42. The van der Waals surface area contributed by atoms with E-state index in [1.54, 1.807) is 0 Å². The van der Waals surface area contributed by atoms with Crippen LogP contribution in [0.4, 0.5) is 0 Å². The Hall–Kier alpha value is -0.550. The van der Waals surface area contributed by atoms with Crippen molar-refractivity contribution in [2.45, 2.75) is 13.0 Å². The maximum absolute atomic E-state index is 6.32. The monoisotopic (exact) mass is 417 g/mol. The van der Waals surface area contributed by atoms with Crippen molar-refractivity contribution in [3.63, 3.8) is 0 Å². The van der Waals surface area contributed by atoms with Crippen molar-refractivity contribution in [1.29, 1.82) is 0 Å². The zero-order chi connectivity index (χ0) is 14.7. The molecule has 106 valence electrons. The highest BCUT2D eigenvalue weighted by Gasteiger charge is 2.16. The standard InChI is InChI=1S/C15H14Br2ClNO/c1-2-20-10-4-6-11(13(17)8-10)15(19)12-5-3-9(16)7-14(12)18/h3-8,15H,2,19H2,1H3. The van der Waals surface area contributed by atoms with E-state index in [-0.39, 0.29) is 6.04 Å². The number of ether oxygens (including phenoxy) is 1. The molecule has 5 heteroatoms. The Balaban J connectivity index is 2.35. The first kappa shape index (κ1) is 15.8. The Kier molecular flexibility index (Phi) is 5.49. The quantitative estimate of drug-likeness (QED) is 0.729. The van der Waals surface area contributed by atoms with Crippen LogP contribution in [0.1, 0.15) is 24.1 Å². The molecule has 0 aliphatic heterocycles. The Morgan fingerprint density at radius 3 is 2.45 bits per heavy atom. The summed E-state index contributed by atoms with van der Waals surface area (Å²) in [5.41, 5.74) is 8.18. The smallest absolute Gasteiger partial charge is 0.120 e. The van der Waals surface area contributed by atoms with Gasteiger partial charge in [0, 0.05) is 14.0 Å². The zero-order valence-corrected chi connectivity index (χ0v) is 14.8. The second kappa shape index (κ2) is 6.94. The maximum atomic E-state index is 6.32.